The number of pyridine rings is 3. The molecule has 4 saturated heterocycles. The smallest absolute Gasteiger partial charge is 0.416 e. The van der Waals surface area contributed by atoms with E-state index in [0.29, 0.717) is 84.0 Å². The molecule has 117 heavy (non-hydrogen) atoms. The minimum Gasteiger partial charge on any atom is -0.470 e. The Bertz CT molecular complexity index is 4460. The zero-order chi connectivity index (χ0) is 85.6. The molecule has 2 aromatic carbocycles. The van der Waals surface area contributed by atoms with Crippen LogP contribution in [0.5, 0.6) is 11.8 Å². The van der Waals surface area contributed by atoms with Crippen molar-refractivity contribution in [2.45, 2.75) is 148 Å². The molecule has 0 spiro atoms. The highest BCUT2D eigenvalue weighted by molar-refractivity contribution is 6.40. The molecule has 4 aliphatic heterocycles. The topological polar surface area (TPSA) is 300 Å². The number of aliphatic hydroxyl groups is 1. The third kappa shape index (κ3) is 31.3. The second-order valence-electron chi connectivity index (χ2n) is 27.1. The Morgan fingerprint density at radius 2 is 0.778 bits per heavy atom. The number of hydrogen-bond acceptors (Lipinski definition) is 24. The molecule has 26 nitrogen and oxygen atoms in total. The van der Waals surface area contributed by atoms with Gasteiger partial charge in [-0.25, -0.2) is 49.5 Å². The summed E-state index contributed by atoms with van der Waals surface area (Å²) in [7, 11) is 0. The predicted octanol–water partition coefficient (Wildman–Crippen LogP) is 14.6. The number of amides is 2. The lowest BCUT2D eigenvalue weighted by Crippen LogP contribution is -2.60. The lowest BCUT2D eigenvalue weighted by Gasteiger charge is -2.44. The van der Waals surface area contributed by atoms with E-state index in [-0.39, 0.29) is 54.6 Å². The first kappa shape index (κ1) is 93.8. The second-order valence-corrected chi connectivity index (χ2v) is 28.1. The number of aliphatic hydroxyl groups excluding tert-OH is 1. The van der Waals surface area contributed by atoms with Crippen LogP contribution >= 0.6 is 34.8 Å². The monoisotopic (exact) mass is 1710 g/mol. The van der Waals surface area contributed by atoms with Gasteiger partial charge in [0, 0.05) is 193 Å². The summed E-state index contributed by atoms with van der Waals surface area (Å²) >= 11 is 16.8. The number of halogens is 15. The Balaban J connectivity index is 0.000000206. The number of carbonyl (C=O) groups is 1. The second kappa shape index (κ2) is 44.9. The summed E-state index contributed by atoms with van der Waals surface area (Å²) in [6, 6.07) is 13.8. The van der Waals surface area contributed by atoms with E-state index in [1.54, 1.807) is 100 Å². The lowest BCUT2D eigenvalue weighted by atomic mass is 10.1. The number of benzene rings is 2. The van der Waals surface area contributed by atoms with Crippen molar-refractivity contribution < 1.29 is 76.9 Å². The molecule has 8 atom stereocenters. The maximum absolute atomic E-state index is 13.2. The first-order valence-electron chi connectivity index (χ1n) is 36.1. The molecule has 0 radical (unpaired) electrons. The number of aliphatic imine (C=N–C) groups is 1. The van der Waals surface area contributed by atoms with E-state index in [1.807, 2.05) is 17.0 Å². The van der Waals surface area contributed by atoms with Crippen LogP contribution in [0.3, 0.4) is 0 Å². The molecule has 630 valence electrons. The zero-order valence-corrected chi connectivity index (χ0v) is 66.6. The number of rotatable bonds is 12. The zero-order valence-electron chi connectivity index (χ0n) is 64.3. The third-order valence-corrected chi connectivity index (χ3v) is 17.9. The van der Waals surface area contributed by atoms with Gasteiger partial charge in [0.25, 0.3) is 11.8 Å². The molecule has 11 heterocycles. The van der Waals surface area contributed by atoms with Crippen molar-refractivity contribution in [1.29, 1.82) is 0 Å². The SMILES string of the molecule is CC1CN(c2nccnc2Cl)CC(C)N1.CC1CN(c2nccnc2OCc2ccncc2)CC(C)N1.CC1CN(c2nccnc2OCc2ccncc2)CC(C)N1C(=O)Nc1cc(C(F)(F)F)cc(C(F)(F)F)c1.CC1CNCC(C)N1.Clc1nccnc1Cl.O=C=Nc1cc(C(F)(F)F)cc(C(F)(F)F)c1.OCc1ccncc1. The van der Waals surface area contributed by atoms with E-state index in [1.165, 1.54) is 29.7 Å². The molecule has 0 bridgehead atoms. The average Bonchev–Trinajstić information content (AvgIpc) is 0.795. The minimum atomic E-state index is -5.03. The molecular weight excluding hydrogens is 1620 g/mol. The van der Waals surface area contributed by atoms with Gasteiger partial charge in [0.15, 0.2) is 32.9 Å². The van der Waals surface area contributed by atoms with Gasteiger partial charge in [-0.1, -0.05) is 34.8 Å². The van der Waals surface area contributed by atoms with Gasteiger partial charge in [-0.15, -0.1) is 0 Å². The van der Waals surface area contributed by atoms with Crippen molar-refractivity contribution in [3.05, 3.63) is 214 Å². The molecule has 13 rings (SSSR count). The molecule has 41 heteroatoms. The lowest BCUT2D eigenvalue weighted by molar-refractivity contribution is -0.144. The molecule has 9 aromatic rings. The van der Waals surface area contributed by atoms with Crippen molar-refractivity contribution in [2.24, 2.45) is 4.99 Å². The number of ether oxygens (including phenoxy) is 2. The fourth-order valence-corrected chi connectivity index (χ4v) is 12.6. The van der Waals surface area contributed by atoms with Crippen LogP contribution in [0.25, 0.3) is 0 Å². The fraction of sp³-hybridized carbons (Fsp3) is 0.408. The van der Waals surface area contributed by atoms with Gasteiger partial charge < -0.3 is 60.8 Å². The molecule has 0 aliphatic carbocycles. The molecule has 8 unspecified atom stereocenters. The summed E-state index contributed by atoms with van der Waals surface area (Å²) in [5.74, 6) is 2.91. The Morgan fingerprint density at radius 3 is 1.11 bits per heavy atom. The number of urea groups is 1. The predicted molar refractivity (Wildman–Crippen MR) is 417 cm³/mol. The van der Waals surface area contributed by atoms with E-state index in [0.717, 1.165) is 73.7 Å². The van der Waals surface area contributed by atoms with Crippen molar-refractivity contribution >= 4 is 75.7 Å². The number of nitrogens with one attached hydrogen (secondary N) is 5. The minimum absolute atomic E-state index is 0.00884. The normalized spacial score (nSPS) is 19.3. The van der Waals surface area contributed by atoms with Crippen LogP contribution in [0.15, 0.2) is 165 Å². The van der Waals surface area contributed by atoms with Gasteiger partial charge >= 0.3 is 30.7 Å². The Morgan fingerprint density at radius 1 is 0.453 bits per heavy atom. The first-order valence-corrected chi connectivity index (χ1v) is 37.3. The molecule has 2 amide bonds. The van der Waals surface area contributed by atoms with Crippen LogP contribution in [0, 0.1) is 0 Å². The summed E-state index contributed by atoms with van der Waals surface area (Å²) < 4.78 is 165. The highest BCUT2D eigenvalue weighted by Gasteiger charge is 2.40. The standard InChI is InChI=1S/C25H24F6N6O2.C16H21N5O.C10H15ClN4.C9H3F6NO.C6H14N2.C6H7NO.C4H2Cl2N2/c1-15-12-36(21-22(34-8-7-33-21)39-14-17-3-5-32-6-4-17)13-16(2)37(15)23(38)35-20-10-18(24(26,27)28)9-19(11-20)25(29,30)31;1-12-9-21(10-13(2)20-12)15-16(19-8-7-18-15)22-11-14-3-5-17-6-4-14;1-7-5-15(6-8(2)14-7)10-9(11)12-3-4-13-10;10-8(11,12)5-1-6(9(13,14)15)3-7(2-5)16-4-17;1-5-3-7-4-6(2)8-5;8-5-6-1-3-7-4-2-6;5-3-4(6)8-2-1-7-3/h3-11,15-16H,12-14H2,1-2H3,(H,35,38);3-8,12-13,20H,9-11H2,1-2H3;3-4,7-8,14H,5-6H2,1-2H3;1-3H;5-8H,3-4H2,1-2H3;1-4,8H,5H2;1-2H. The Hall–Kier alpha value is -10.3. The van der Waals surface area contributed by atoms with Crippen molar-refractivity contribution in [3.8, 4) is 11.8 Å². The van der Waals surface area contributed by atoms with Gasteiger partial charge in [-0.05, 0) is 145 Å². The fourth-order valence-electron chi connectivity index (χ4n) is 12.1. The maximum atomic E-state index is 13.2. The number of piperazine rings is 4. The van der Waals surface area contributed by atoms with Crippen molar-refractivity contribution in [2.75, 3.05) is 72.4 Å². The third-order valence-electron chi connectivity index (χ3n) is 16.9. The number of hydrogen-bond donors (Lipinski definition) is 6. The first-order chi connectivity index (χ1) is 55.4. The van der Waals surface area contributed by atoms with Crippen LogP contribution in [0.4, 0.5) is 86.3 Å². The molecule has 0 saturated carbocycles. The summed E-state index contributed by atoms with van der Waals surface area (Å²) in [5, 5.41) is 25.4. The number of nitrogens with zero attached hydrogens (tertiary/aromatic N) is 16. The van der Waals surface area contributed by atoms with Gasteiger partial charge in [-0.2, -0.15) is 57.7 Å². The molecular formula is C76H86Cl3F12N21O5. The number of anilines is 4. The summed E-state index contributed by atoms with van der Waals surface area (Å²) in [6.07, 6.45) is 3.63. The molecule has 6 N–H and O–H groups in total. The Labute approximate surface area is 681 Å². The molecule has 4 fully saturated rings. The van der Waals surface area contributed by atoms with Gasteiger partial charge in [0.2, 0.25) is 6.08 Å². The van der Waals surface area contributed by atoms with Crippen LogP contribution in [-0.4, -0.2) is 178 Å². The number of alkyl halides is 12. The highest BCUT2D eigenvalue weighted by atomic mass is 35.5. The summed E-state index contributed by atoms with van der Waals surface area (Å²) in [5.41, 5.74) is -4.60. The number of carbonyl (C=O) groups excluding carboxylic acids is 2. The van der Waals surface area contributed by atoms with E-state index in [9.17, 15) is 62.3 Å². The van der Waals surface area contributed by atoms with Crippen LogP contribution in [0.2, 0.25) is 15.5 Å². The Kier molecular flexibility index (Phi) is 36.0. The quantitative estimate of drug-likeness (QED) is 0.0376. The average molecular weight is 1710 g/mol. The number of isocyanates is 1. The largest absolute Gasteiger partial charge is 0.470 e. The molecule has 7 aromatic heterocycles. The van der Waals surface area contributed by atoms with Gasteiger partial charge in [0.1, 0.15) is 13.2 Å². The summed E-state index contributed by atoms with van der Waals surface area (Å²) in [4.78, 5) is 78.2. The van der Waals surface area contributed by atoms with Gasteiger partial charge in [0.05, 0.1) is 34.5 Å². The van der Waals surface area contributed by atoms with Crippen LogP contribution < -0.4 is 50.8 Å². The maximum Gasteiger partial charge on any atom is 0.416 e. The summed E-state index contributed by atoms with van der Waals surface area (Å²) in [6.45, 7) is 23.7. The molecule has 4 aliphatic rings. The van der Waals surface area contributed by atoms with E-state index in [2.05, 4.69) is 138 Å². The van der Waals surface area contributed by atoms with Crippen LogP contribution in [-0.2, 0) is 49.3 Å². The number of aromatic nitrogens is 11. The van der Waals surface area contributed by atoms with Crippen molar-refractivity contribution in [3.63, 3.8) is 0 Å². The van der Waals surface area contributed by atoms with E-state index >= 15 is 0 Å². The van der Waals surface area contributed by atoms with Gasteiger partial charge in [-0.3, -0.25) is 15.0 Å². The van der Waals surface area contributed by atoms with Crippen molar-refractivity contribution in [1.82, 2.24) is 81.0 Å². The van der Waals surface area contributed by atoms with E-state index in [4.69, 9.17) is 49.4 Å². The van der Waals surface area contributed by atoms with E-state index < -0.39 is 76.4 Å². The highest BCUT2D eigenvalue weighted by Crippen LogP contribution is 2.40. The van der Waals surface area contributed by atoms with Crippen LogP contribution in [0.1, 0.15) is 94.3 Å².